The molecule has 1 heterocycles. The second kappa shape index (κ2) is 5.51. The van der Waals surface area contributed by atoms with Crippen LogP contribution in [0.4, 0.5) is 18.9 Å². The van der Waals surface area contributed by atoms with Crippen LogP contribution in [0.2, 0.25) is 0 Å². The number of nitrogens with zero attached hydrogens (tertiary/aromatic N) is 1. The third kappa shape index (κ3) is 3.33. The summed E-state index contributed by atoms with van der Waals surface area (Å²) in [5.41, 5.74) is 4.09. The van der Waals surface area contributed by atoms with E-state index >= 15 is 0 Å². The second-order valence-corrected chi connectivity index (χ2v) is 3.19. The van der Waals surface area contributed by atoms with Crippen LogP contribution in [0, 0.1) is 5.95 Å². The molecule has 0 saturated carbocycles. The number of hydrogen-bond acceptors (Lipinski definition) is 4. The average molecular weight is 248 g/mol. The number of hydrogen-bond donors (Lipinski definition) is 1. The summed E-state index contributed by atoms with van der Waals surface area (Å²) < 4.78 is 42.5. The first-order chi connectivity index (χ1) is 7.95. The lowest BCUT2D eigenvalue weighted by molar-refractivity contribution is -0.142. The van der Waals surface area contributed by atoms with Crippen LogP contribution >= 0.6 is 0 Å². The zero-order valence-electron chi connectivity index (χ0n) is 9.04. The van der Waals surface area contributed by atoms with Crippen molar-refractivity contribution in [2.45, 2.75) is 19.8 Å². The zero-order valence-corrected chi connectivity index (χ0v) is 9.04. The van der Waals surface area contributed by atoms with Crippen LogP contribution in [0.25, 0.3) is 0 Å². The Hall–Kier alpha value is -1.79. The summed E-state index contributed by atoms with van der Waals surface area (Å²) in [4.78, 5) is 14.1. The van der Waals surface area contributed by atoms with Gasteiger partial charge in [-0.2, -0.15) is 4.39 Å². The van der Waals surface area contributed by atoms with Crippen molar-refractivity contribution in [1.29, 1.82) is 0 Å². The number of carbonyl (C=O) groups excluding carboxylic acids is 1. The van der Waals surface area contributed by atoms with Gasteiger partial charge in [0.05, 0.1) is 18.7 Å². The first-order valence-corrected chi connectivity index (χ1v) is 4.84. The molecule has 2 N–H and O–H groups in total. The molecular formula is C10H11F3N2O2. The Balaban J connectivity index is 3.03. The highest BCUT2D eigenvalue weighted by Gasteiger charge is 2.19. The third-order valence-corrected chi connectivity index (χ3v) is 1.99. The van der Waals surface area contributed by atoms with E-state index in [9.17, 15) is 18.0 Å². The first kappa shape index (κ1) is 13.3. The third-order valence-electron chi connectivity index (χ3n) is 1.99. The average Bonchev–Trinajstić information content (AvgIpc) is 2.22. The Labute approximate surface area is 95.6 Å². The van der Waals surface area contributed by atoms with E-state index in [4.69, 9.17) is 5.73 Å². The maximum absolute atomic E-state index is 13.0. The van der Waals surface area contributed by atoms with Crippen LogP contribution in [0.15, 0.2) is 6.07 Å². The van der Waals surface area contributed by atoms with E-state index in [0.29, 0.717) is 0 Å². The van der Waals surface area contributed by atoms with Crippen LogP contribution in [-0.4, -0.2) is 17.6 Å². The monoisotopic (exact) mass is 248 g/mol. The first-order valence-electron chi connectivity index (χ1n) is 4.84. The maximum Gasteiger partial charge on any atom is 0.310 e. The number of rotatable bonds is 4. The van der Waals surface area contributed by atoms with Crippen molar-refractivity contribution >= 4 is 11.7 Å². The lowest BCUT2D eigenvalue weighted by Crippen LogP contribution is -2.12. The fraction of sp³-hybridized carbons (Fsp3) is 0.400. The van der Waals surface area contributed by atoms with Gasteiger partial charge >= 0.3 is 5.97 Å². The Morgan fingerprint density at radius 2 is 2.24 bits per heavy atom. The molecule has 94 valence electrons. The Morgan fingerprint density at radius 1 is 1.59 bits per heavy atom. The van der Waals surface area contributed by atoms with Crippen molar-refractivity contribution in [3.8, 4) is 0 Å². The molecule has 0 spiro atoms. The van der Waals surface area contributed by atoms with Gasteiger partial charge in [0, 0.05) is 0 Å². The molecule has 1 rings (SSSR count). The quantitative estimate of drug-likeness (QED) is 0.652. The molecule has 0 aliphatic carbocycles. The number of pyridine rings is 1. The fourth-order valence-corrected chi connectivity index (χ4v) is 1.27. The van der Waals surface area contributed by atoms with Crippen LogP contribution in [0.3, 0.4) is 0 Å². The number of halogens is 3. The number of anilines is 1. The van der Waals surface area contributed by atoms with Gasteiger partial charge in [-0.25, -0.2) is 13.8 Å². The minimum Gasteiger partial charge on any atom is -0.466 e. The highest BCUT2D eigenvalue weighted by Crippen LogP contribution is 2.26. The van der Waals surface area contributed by atoms with Crippen molar-refractivity contribution in [2.75, 3.05) is 12.3 Å². The number of aromatic nitrogens is 1. The van der Waals surface area contributed by atoms with Crippen molar-refractivity contribution < 1.29 is 22.7 Å². The summed E-state index contributed by atoms with van der Waals surface area (Å²) in [6.45, 7) is 1.74. The number of carbonyl (C=O) groups is 1. The molecule has 0 saturated heterocycles. The summed E-state index contributed by atoms with van der Waals surface area (Å²) in [5.74, 6) is -1.76. The van der Waals surface area contributed by atoms with E-state index in [2.05, 4.69) is 9.72 Å². The Kier molecular flexibility index (Phi) is 4.30. The van der Waals surface area contributed by atoms with Gasteiger partial charge in [-0.3, -0.25) is 4.79 Å². The van der Waals surface area contributed by atoms with E-state index < -0.39 is 24.0 Å². The zero-order chi connectivity index (χ0) is 13.0. The predicted octanol–water partition coefficient (Wildman–Crippen LogP) is 1.85. The highest BCUT2D eigenvalue weighted by atomic mass is 19.3. The van der Waals surface area contributed by atoms with E-state index in [1.165, 1.54) is 0 Å². The minimum absolute atomic E-state index is 0.0498. The number of ether oxygens (including phenoxy) is 1. The molecule has 0 fully saturated rings. The minimum atomic E-state index is -2.99. The van der Waals surface area contributed by atoms with Crippen molar-refractivity contribution in [3.05, 3.63) is 23.3 Å². The SMILES string of the molecule is CCOC(=O)Cc1cc(F)nc(C(F)F)c1N. The molecule has 1 aromatic rings. The van der Waals surface area contributed by atoms with Gasteiger partial charge in [-0.05, 0) is 18.6 Å². The summed E-state index contributed by atoms with van der Waals surface area (Å²) in [6, 6.07) is 0.845. The van der Waals surface area contributed by atoms with Crippen LogP contribution in [0.5, 0.6) is 0 Å². The van der Waals surface area contributed by atoms with Gasteiger partial charge in [0.25, 0.3) is 6.43 Å². The highest BCUT2D eigenvalue weighted by molar-refractivity contribution is 5.75. The van der Waals surface area contributed by atoms with Gasteiger partial charge in [0.2, 0.25) is 5.95 Å². The molecule has 0 bridgehead atoms. The molecular weight excluding hydrogens is 237 g/mol. The summed E-state index contributed by atoms with van der Waals surface area (Å²) >= 11 is 0. The Bertz CT molecular complexity index is 424. The molecule has 0 atom stereocenters. The number of alkyl halides is 2. The lowest BCUT2D eigenvalue weighted by Gasteiger charge is -2.09. The molecule has 7 heteroatoms. The van der Waals surface area contributed by atoms with E-state index in [1.54, 1.807) is 6.92 Å². The summed E-state index contributed by atoms with van der Waals surface area (Å²) in [7, 11) is 0. The van der Waals surface area contributed by atoms with Crippen molar-refractivity contribution in [1.82, 2.24) is 4.98 Å². The maximum atomic E-state index is 13.0. The molecule has 0 aromatic carbocycles. The van der Waals surface area contributed by atoms with Gasteiger partial charge < -0.3 is 10.5 Å². The number of nitrogen functional groups attached to an aromatic ring is 1. The molecule has 0 radical (unpaired) electrons. The van der Waals surface area contributed by atoms with Crippen molar-refractivity contribution in [2.24, 2.45) is 0 Å². The summed E-state index contributed by atoms with van der Waals surface area (Å²) in [5, 5.41) is 0. The molecule has 4 nitrogen and oxygen atoms in total. The molecule has 1 aromatic heterocycles. The van der Waals surface area contributed by atoms with Gasteiger partial charge in [-0.1, -0.05) is 0 Å². The predicted molar refractivity (Wildman–Crippen MR) is 53.9 cm³/mol. The summed E-state index contributed by atoms with van der Waals surface area (Å²) in [6.07, 6.45) is -3.36. The van der Waals surface area contributed by atoms with Gasteiger partial charge in [0.15, 0.2) is 0 Å². The largest absolute Gasteiger partial charge is 0.466 e. The smallest absolute Gasteiger partial charge is 0.310 e. The molecule has 0 amide bonds. The lowest BCUT2D eigenvalue weighted by atomic mass is 10.1. The van der Waals surface area contributed by atoms with E-state index in [1.807, 2.05) is 0 Å². The van der Waals surface area contributed by atoms with Crippen molar-refractivity contribution in [3.63, 3.8) is 0 Å². The molecule has 17 heavy (non-hydrogen) atoms. The van der Waals surface area contributed by atoms with Crippen LogP contribution < -0.4 is 5.73 Å². The second-order valence-electron chi connectivity index (χ2n) is 3.19. The number of nitrogens with two attached hydrogens (primary N) is 1. The molecule has 0 aliphatic rings. The fourth-order valence-electron chi connectivity index (χ4n) is 1.27. The van der Waals surface area contributed by atoms with E-state index in [0.717, 1.165) is 6.07 Å². The van der Waals surface area contributed by atoms with E-state index in [-0.39, 0.29) is 24.3 Å². The molecule has 0 aliphatic heterocycles. The van der Waals surface area contributed by atoms with Crippen LogP contribution in [0.1, 0.15) is 24.6 Å². The number of esters is 1. The normalized spacial score (nSPS) is 10.6. The van der Waals surface area contributed by atoms with Gasteiger partial charge in [-0.15, -0.1) is 0 Å². The van der Waals surface area contributed by atoms with Gasteiger partial charge in [0.1, 0.15) is 5.69 Å². The topological polar surface area (TPSA) is 65.2 Å². The molecule has 0 unspecified atom stereocenters. The Morgan fingerprint density at radius 3 is 2.76 bits per heavy atom. The standard InChI is InChI=1S/C10H11F3N2O2/c1-2-17-7(16)4-5-3-6(11)15-9(8(5)14)10(12)13/h3,10H,2,4,14H2,1H3. The van der Waals surface area contributed by atoms with Crippen LogP contribution in [-0.2, 0) is 16.0 Å².